The molecule has 2 aliphatic heterocycles. The molecule has 0 aromatic rings. The van der Waals surface area contributed by atoms with Gasteiger partial charge in [-0.25, -0.2) is 0 Å². The van der Waals surface area contributed by atoms with Crippen LogP contribution in [0.15, 0.2) is 0 Å². The lowest BCUT2D eigenvalue weighted by Gasteiger charge is -2.43. The average Bonchev–Trinajstić information content (AvgIpc) is 2.85. The SMILES string of the molecule is CCC1(C)NC(=O)C(C)N(CC2CCCS2)C1=O. The standard InChI is InChI=1S/C13H22N2O2S/c1-4-13(3)12(17)15(9(2)11(16)14-13)8-10-6-5-7-18-10/h9-10H,4-8H2,1-3H3,(H,14,16). The Balaban J connectivity index is 2.14. The van der Waals surface area contributed by atoms with Crippen LogP contribution in [-0.4, -0.2) is 45.8 Å². The highest BCUT2D eigenvalue weighted by Gasteiger charge is 2.45. The van der Waals surface area contributed by atoms with Gasteiger partial charge in [0.25, 0.3) is 0 Å². The van der Waals surface area contributed by atoms with Crippen LogP contribution in [0.1, 0.15) is 40.0 Å². The van der Waals surface area contributed by atoms with Crippen molar-refractivity contribution < 1.29 is 9.59 Å². The first-order valence-corrected chi connectivity index (χ1v) is 7.77. The first-order chi connectivity index (χ1) is 8.48. The summed E-state index contributed by atoms with van der Waals surface area (Å²) in [6.07, 6.45) is 3.02. The van der Waals surface area contributed by atoms with Crippen molar-refractivity contribution in [1.82, 2.24) is 10.2 Å². The van der Waals surface area contributed by atoms with Gasteiger partial charge in [0.2, 0.25) is 11.8 Å². The van der Waals surface area contributed by atoms with Crippen LogP contribution >= 0.6 is 11.8 Å². The quantitative estimate of drug-likeness (QED) is 0.843. The number of hydrogen-bond acceptors (Lipinski definition) is 3. The zero-order valence-corrected chi connectivity index (χ0v) is 12.2. The van der Waals surface area contributed by atoms with Gasteiger partial charge in [0.1, 0.15) is 11.6 Å². The lowest BCUT2D eigenvalue weighted by Crippen LogP contribution is -2.68. The van der Waals surface area contributed by atoms with Crippen LogP contribution in [0.25, 0.3) is 0 Å². The van der Waals surface area contributed by atoms with Crippen LogP contribution in [0, 0.1) is 0 Å². The molecule has 0 aromatic carbocycles. The van der Waals surface area contributed by atoms with Crippen molar-refractivity contribution in [3.8, 4) is 0 Å². The monoisotopic (exact) mass is 270 g/mol. The van der Waals surface area contributed by atoms with Gasteiger partial charge in [0, 0.05) is 11.8 Å². The fourth-order valence-electron chi connectivity index (χ4n) is 2.55. The number of piperazine rings is 1. The predicted octanol–water partition coefficient (Wildman–Crippen LogP) is 1.40. The molecule has 2 rings (SSSR count). The van der Waals surface area contributed by atoms with E-state index in [0.717, 1.165) is 6.42 Å². The molecule has 0 aromatic heterocycles. The van der Waals surface area contributed by atoms with Gasteiger partial charge in [-0.15, -0.1) is 0 Å². The maximum absolute atomic E-state index is 12.5. The van der Waals surface area contributed by atoms with Crippen molar-refractivity contribution in [3.63, 3.8) is 0 Å². The third-order valence-electron chi connectivity index (χ3n) is 4.11. The van der Waals surface area contributed by atoms with Crippen molar-refractivity contribution in [2.24, 2.45) is 0 Å². The van der Waals surface area contributed by atoms with E-state index in [1.54, 1.807) is 4.90 Å². The fourth-order valence-corrected chi connectivity index (χ4v) is 3.82. The van der Waals surface area contributed by atoms with E-state index in [4.69, 9.17) is 0 Å². The van der Waals surface area contributed by atoms with Crippen LogP contribution in [-0.2, 0) is 9.59 Å². The van der Waals surface area contributed by atoms with Crippen molar-refractivity contribution in [2.75, 3.05) is 12.3 Å². The molecule has 0 spiro atoms. The highest BCUT2D eigenvalue weighted by atomic mass is 32.2. The summed E-state index contributed by atoms with van der Waals surface area (Å²) < 4.78 is 0. The second-order valence-electron chi connectivity index (χ2n) is 5.44. The molecular formula is C13H22N2O2S. The minimum atomic E-state index is -0.715. The van der Waals surface area contributed by atoms with E-state index in [2.05, 4.69) is 5.32 Å². The molecule has 0 aliphatic carbocycles. The largest absolute Gasteiger partial charge is 0.340 e. The van der Waals surface area contributed by atoms with Gasteiger partial charge in [-0.05, 0) is 38.9 Å². The Morgan fingerprint density at radius 2 is 2.22 bits per heavy atom. The Hall–Kier alpha value is -0.710. The smallest absolute Gasteiger partial charge is 0.248 e. The summed E-state index contributed by atoms with van der Waals surface area (Å²) in [7, 11) is 0. The van der Waals surface area contributed by atoms with Crippen molar-refractivity contribution in [1.29, 1.82) is 0 Å². The number of amides is 2. The molecule has 102 valence electrons. The van der Waals surface area contributed by atoms with Crippen molar-refractivity contribution >= 4 is 23.6 Å². The van der Waals surface area contributed by atoms with Gasteiger partial charge >= 0.3 is 0 Å². The van der Waals surface area contributed by atoms with Crippen LogP contribution in [0.2, 0.25) is 0 Å². The molecule has 18 heavy (non-hydrogen) atoms. The third-order valence-corrected chi connectivity index (χ3v) is 5.49. The maximum atomic E-state index is 12.5. The molecule has 2 fully saturated rings. The highest BCUT2D eigenvalue weighted by molar-refractivity contribution is 8.00. The lowest BCUT2D eigenvalue weighted by molar-refractivity contribution is -0.153. The van der Waals surface area contributed by atoms with Crippen LogP contribution < -0.4 is 5.32 Å². The molecule has 2 amide bonds. The Morgan fingerprint density at radius 1 is 1.50 bits per heavy atom. The minimum Gasteiger partial charge on any atom is -0.340 e. The molecule has 2 heterocycles. The Labute approximate surface area is 113 Å². The van der Waals surface area contributed by atoms with Gasteiger partial charge in [0.15, 0.2) is 0 Å². The second-order valence-corrected chi connectivity index (χ2v) is 6.85. The van der Waals surface area contributed by atoms with Crippen LogP contribution in [0.5, 0.6) is 0 Å². The third kappa shape index (κ3) is 2.37. The van der Waals surface area contributed by atoms with Crippen LogP contribution in [0.4, 0.5) is 0 Å². The normalized spacial score (nSPS) is 36.9. The summed E-state index contributed by atoms with van der Waals surface area (Å²) >= 11 is 1.92. The van der Waals surface area contributed by atoms with Crippen molar-refractivity contribution in [3.05, 3.63) is 0 Å². The number of rotatable bonds is 3. The summed E-state index contributed by atoms with van der Waals surface area (Å²) in [5.74, 6) is 1.23. The summed E-state index contributed by atoms with van der Waals surface area (Å²) in [5, 5.41) is 3.36. The number of thioether (sulfide) groups is 1. The summed E-state index contributed by atoms with van der Waals surface area (Å²) in [5.41, 5.74) is -0.715. The highest BCUT2D eigenvalue weighted by Crippen LogP contribution is 2.29. The summed E-state index contributed by atoms with van der Waals surface area (Å²) in [6.45, 7) is 6.31. The van der Waals surface area contributed by atoms with Crippen LogP contribution in [0.3, 0.4) is 0 Å². The predicted molar refractivity (Wildman–Crippen MR) is 73.5 cm³/mol. The Morgan fingerprint density at radius 3 is 2.78 bits per heavy atom. The van der Waals surface area contributed by atoms with E-state index >= 15 is 0 Å². The molecule has 3 unspecified atom stereocenters. The number of carbonyl (C=O) groups excluding carboxylic acids is 2. The molecular weight excluding hydrogens is 248 g/mol. The van der Waals surface area contributed by atoms with Gasteiger partial charge in [-0.3, -0.25) is 9.59 Å². The van der Waals surface area contributed by atoms with Gasteiger partial charge < -0.3 is 10.2 Å². The summed E-state index contributed by atoms with van der Waals surface area (Å²) in [6, 6.07) is -0.335. The second kappa shape index (κ2) is 5.11. The van der Waals surface area contributed by atoms with E-state index in [9.17, 15) is 9.59 Å². The van der Waals surface area contributed by atoms with Gasteiger partial charge in [-0.1, -0.05) is 6.92 Å². The van der Waals surface area contributed by atoms with E-state index < -0.39 is 5.54 Å². The molecule has 0 radical (unpaired) electrons. The number of hydrogen-bond donors (Lipinski definition) is 1. The average molecular weight is 270 g/mol. The molecule has 2 aliphatic rings. The van der Waals surface area contributed by atoms with Gasteiger partial charge in [0.05, 0.1) is 0 Å². The molecule has 5 heteroatoms. The Bertz CT molecular complexity index is 355. The molecule has 2 saturated heterocycles. The lowest BCUT2D eigenvalue weighted by atomic mass is 9.92. The number of carbonyl (C=O) groups is 2. The maximum Gasteiger partial charge on any atom is 0.248 e. The zero-order valence-electron chi connectivity index (χ0n) is 11.4. The summed E-state index contributed by atoms with van der Waals surface area (Å²) in [4.78, 5) is 26.3. The first-order valence-electron chi connectivity index (χ1n) is 6.72. The number of nitrogens with zero attached hydrogens (tertiary/aromatic N) is 1. The topological polar surface area (TPSA) is 49.4 Å². The molecule has 4 nitrogen and oxygen atoms in total. The van der Waals surface area contributed by atoms with E-state index in [0.29, 0.717) is 18.2 Å². The van der Waals surface area contributed by atoms with E-state index in [1.807, 2.05) is 32.5 Å². The van der Waals surface area contributed by atoms with E-state index in [-0.39, 0.29) is 17.9 Å². The molecule has 0 bridgehead atoms. The van der Waals surface area contributed by atoms with Gasteiger partial charge in [-0.2, -0.15) is 11.8 Å². The Kier molecular flexibility index (Phi) is 3.90. The molecule has 0 saturated carbocycles. The first kappa shape index (κ1) is 13.7. The fraction of sp³-hybridized carbons (Fsp3) is 0.846. The van der Waals surface area contributed by atoms with Crippen molar-refractivity contribution in [2.45, 2.75) is 56.9 Å². The minimum absolute atomic E-state index is 0.0260. The zero-order chi connectivity index (χ0) is 13.3. The molecule has 1 N–H and O–H groups in total. The molecule has 3 atom stereocenters. The van der Waals surface area contributed by atoms with E-state index in [1.165, 1.54) is 12.2 Å². The number of nitrogens with one attached hydrogen (secondary N) is 1.